The number of nitrogen functional groups attached to an aromatic ring is 1. The molecule has 0 heterocycles. The Morgan fingerprint density at radius 1 is 1.26 bits per heavy atom. The van der Waals surface area contributed by atoms with Gasteiger partial charge >= 0.3 is 0 Å². The smallest absolute Gasteiger partial charge is 0.177 e. The number of para-hydroxylation sites is 1. The van der Waals surface area contributed by atoms with Gasteiger partial charge in [-0.3, -0.25) is 0 Å². The summed E-state index contributed by atoms with van der Waals surface area (Å²) in [5.74, 6) is 0. The van der Waals surface area contributed by atoms with Crippen LogP contribution in [0.2, 0.25) is 0 Å². The number of benzene rings is 1. The van der Waals surface area contributed by atoms with E-state index in [0.717, 1.165) is 25.9 Å². The van der Waals surface area contributed by atoms with E-state index in [1.807, 2.05) is 14.1 Å². The van der Waals surface area contributed by atoms with Crippen LogP contribution in [-0.4, -0.2) is 46.8 Å². The molecule has 0 radical (unpaired) electrons. The zero-order chi connectivity index (χ0) is 14.5. The summed E-state index contributed by atoms with van der Waals surface area (Å²) in [7, 11) is 0.811. The summed E-state index contributed by atoms with van der Waals surface area (Å²) >= 11 is 0. The number of nitrogens with zero attached hydrogens (tertiary/aromatic N) is 1. The molecule has 1 aromatic rings. The second-order valence-corrected chi connectivity index (χ2v) is 6.91. The Bertz CT molecular complexity index is 513. The highest BCUT2D eigenvalue weighted by atomic mass is 32.2. The molecule has 6 heteroatoms. The van der Waals surface area contributed by atoms with E-state index in [1.54, 1.807) is 12.1 Å². The number of hydrogen-bond donors (Lipinski definition) is 2. The fourth-order valence-corrected chi connectivity index (χ4v) is 2.63. The van der Waals surface area contributed by atoms with Crippen LogP contribution in [0.1, 0.15) is 12.8 Å². The van der Waals surface area contributed by atoms with E-state index in [-0.39, 0.29) is 4.90 Å². The van der Waals surface area contributed by atoms with Crippen molar-refractivity contribution >= 4 is 21.2 Å². The minimum atomic E-state index is -3.27. The first-order valence-corrected chi connectivity index (χ1v) is 8.18. The highest BCUT2D eigenvalue weighted by Gasteiger charge is 2.13. The van der Waals surface area contributed by atoms with Crippen LogP contribution in [-0.2, 0) is 9.84 Å². The van der Waals surface area contributed by atoms with Crippen LogP contribution < -0.4 is 11.1 Å². The van der Waals surface area contributed by atoms with E-state index in [4.69, 9.17) is 5.73 Å². The number of nitrogens with one attached hydrogen (secondary N) is 1. The third-order valence-electron chi connectivity index (χ3n) is 2.81. The topological polar surface area (TPSA) is 75.4 Å². The fourth-order valence-electron chi connectivity index (χ4n) is 1.80. The zero-order valence-electron chi connectivity index (χ0n) is 11.8. The predicted octanol–water partition coefficient (Wildman–Crippen LogP) is 1.43. The molecule has 0 unspecified atom stereocenters. The van der Waals surface area contributed by atoms with E-state index < -0.39 is 9.84 Å². The maximum Gasteiger partial charge on any atom is 0.177 e. The molecule has 108 valence electrons. The van der Waals surface area contributed by atoms with Crippen molar-refractivity contribution in [2.45, 2.75) is 17.7 Å². The van der Waals surface area contributed by atoms with E-state index in [0.29, 0.717) is 11.4 Å². The summed E-state index contributed by atoms with van der Waals surface area (Å²) < 4.78 is 23.1. The standard InChI is InChI=1S/C13H23N3O2S/c1-16(2)10-5-4-9-15-11-7-6-8-12(13(11)14)19(3,17)18/h6-8,15H,4-5,9-10,14H2,1-3H3. The minimum absolute atomic E-state index is 0.186. The Balaban J connectivity index is 2.60. The molecule has 3 N–H and O–H groups in total. The Morgan fingerprint density at radius 2 is 1.95 bits per heavy atom. The molecule has 0 saturated heterocycles. The van der Waals surface area contributed by atoms with Crippen molar-refractivity contribution in [3.05, 3.63) is 18.2 Å². The number of sulfone groups is 1. The van der Waals surface area contributed by atoms with Crippen molar-refractivity contribution in [3.63, 3.8) is 0 Å². The molecule has 0 aliphatic rings. The van der Waals surface area contributed by atoms with Gasteiger partial charge in [-0.15, -0.1) is 0 Å². The molecule has 1 rings (SSSR count). The molecule has 1 aromatic carbocycles. The van der Waals surface area contributed by atoms with Crippen LogP contribution in [0.4, 0.5) is 11.4 Å². The summed E-state index contributed by atoms with van der Waals surface area (Å²) in [5, 5.41) is 3.19. The number of anilines is 2. The van der Waals surface area contributed by atoms with Crippen molar-refractivity contribution in [1.82, 2.24) is 4.90 Å². The highest BCUT2D eigenvalue weighted by Crippen LogP contribution is 2.26. The van der Waals surface area contributed by atoms with E-state index in [9.17, 15) is 8.42 Å². The van der Waals surface area contributed by atoms with Gasteiger partial charge < -0.3 is 16.0 Å². The number of unbranched alkanes of at least 4 members (excludes halogenated alkanes) is 1. The molecule has 0 fully saturated rings. The molecule has 0 spiro atoms. The van der Waals surface area contributed by atoms with Gasteiger partial charge in [0, 0.05) is 12.8 Å². The summed E-state index contributed by atoms with van der Waals surface area (Å²) in [6.07, 6.45) is 3.27. The monoisotopic (exact) mass is 285 g/mol. The SMILES string of the molecule is CN(C)CCCCNc1cccc(S(C)(=O)=O)c1N. The summed E-state index contributed by atoms with van der Waals surface area (Å²) in [5.41, 5.74) is 6.87. The van der Waals surface area contributed by atoms with E-state index in [1.165, 1.54) is 12.3 Å². The minimum Gasteiger partial charge on any atom is -0.396 e. The lowest BCUT2D eigenvalue weighted by Crippen LogP contribution is -2.14. The van der Waals surface area contributed by atoms with Crippen molar-refractivity contribution in [2.75, 3.05) is 44.5 Å². The molecule has 0 aliphatic carbocycles. The summed E-state index contributed by atoms with van der Waals surface area (Å²) in [6, 6.07) is 5.03. The third kappa shape index (κ3) is 5.08. The average Bonchev–Trinajstić information content (AvgIpc) is 2.28. The van der Waals surface area contributed by atoms with E-state index >= 15 is 0 Å². The predicted molar refractivity (Wildman–Crippen MR) is 80.2 cm³/mol. The highest BCUT2D eigenvalue weighted by molar-refractivity contribution is 7.90. The molecular formula is C13H23N3O2S. The lowest BCUT2D eigenvalue weighted by molar-refractivity contribution is 0.396. The van der Waals surface area contributed by atoms with Crippen molar-refractivity contribution in [2.24, 2.45) is 0 Å². The number of rotatable bonds is 7. The van der Waals surface area contributed by atoms with Gasteiger partial charge in [0.25, 0.3) is 0 Å². The van der Waals surface area contributed by atoms with Crippen molar-refractivity contribution in [1.29, 1.82) is 0 Å². The van der Waals surface area contributed by atoms with Gasteiger partial charge in [0.1, 0.15) is 0 Å². The van der Waals surface area contributed by atoms with Gasteiger partial charge in [-0.1, -0.05) is 6.07 Å². The van der Waals surface area contributed by atoms with Gasteiger partial charge in [0.15, 0.2) is 9.84 Å². The first-order chi connectivity index (χ1) is 8.82. The largest absolute Gasteiger partial charge is 0.396 e. The van der Waals surface area contributed by atoms with Gasteiger partial charge in [-0.2, -0.15) is 0 Å². The molecule has 0 aromatic heterocycles. The summed E-state index contributed by atoms with van der Waals surface area (Å²) in [4.78, 5) is 2.32. The van der Waals surface area contributed by atoms with Crippen LogP contribution in [0.3, 0.4) is 0 Å². The zero-order valence-corrected chi connectivity index (χ0v) is 12.6. The van der Waals surface area contributed by atoms with Gasteiger partial charge in [0.05, 0.1) is 16.3 Å². The molecule has 0 atom stereocenters. The Labute approximate surface area is 115 Å². The summed E-state index contributed by atoms with van der Waals surface area (Å²) in [6.45, 7) is 1.83. The maximum atomic E-state index is 11.5. The lowest BCUT2D eigenvalue weighted by atomic mass is 10.2. The molecule has 0 aliphatic heterocycles. The maximum absolute atomic E-state index is 11.5. The molecular weight excluding hydrogens is 262 g/mol. The number of nitrogens with two attached hydrogens (primary N) is 1. The average molecular weight is 285 g/mol. The fraction of sp³-hybridized carbons (Fsp3) is 0.538. The second-order valence-electron chi connectivity index (χ2n) is 4.93. The first kappa shape index (κ1) is 15.8. The third-order valence-corrected chi connectivity index (χ3v) is 3.97. The van der Waals surface area contributed by atoms with Crippen LogP contribution in [0.15, 0.2) is 23.1 Å². The molecule has 0 bridgehead atoms. The van der Waals surface area contributed by atoms with Gasteiger partial charge in [-0.05, 0) is 45.6 Å². The normalized spacial score (nSPS) is 11.8. The van der Waals surface area contributed by atoms with Gasteiger partial charge in [-0.25, -0.2) is 8.42 Å². The molecule has 0 amide bonds. The quantitative estimate of drug-likeness (QED) is 0.585. The van der Waals surface area contributed by atoms with Crippen LogP contribution in [0.5, 0.6) is 0 Å². The number of hydrogen-bond acceptors (Lipinski definition) is 5. The van der Waals surface area contributed by atoms with Crippen LogP contribution in [0.25, 0.3) is 0 Å². The van der Waals surface area contributed by atoms with E-state index in [2.05, 4.69) is 10.2 Å². The van der Waals surface area contributed by atoms with Crippen molar-refractivity contribution in [3.8, 4) is 0 Å². The lowest BCUT2D eigenvalue weighted by Gasteiger charge is -2.13. The molecule has 19 heavy (non-hydrogen) atoms. The van der Waals surface area contributed by atoms with Crippen molar-refractivity contribution < 1.29 is 8.42 Å². The second kappa shape index (κ2) is 6.77. The van der Waals surface area contributed by atoms with Crippen LogP contribution in [0, 0.1) is 0 Å². The Kier molecular flexibility index (Phi) is 5.62. The van der Waals surface area contributed by atoms with Crippen LogP contribution >= 0.6 is 0 Å². The Morgan fingerprint density at radius 3 is 2.53 bits per heavy atom. The first-order valence-electron chi connectivity index (χ1n) is 6.29. The Hall–Kier alpha value is -1.27. The molecule has 5 nitrogen and oxygen atoms in total. The molecule has 0 saturated carbocycles. The van der Waals surface area contributed by atoms with Gasteiger partial charge in [0.2, 0.25) is 0 Å².